The van der Waals surface area contributed by atoms with E-state index in [4.69, 9.17) is 5.11 Å². The van der Waals surface area contributed by atoms with Crippen molar-refractivity contribution in [3.8, 4) is 0 Å². The molecule has 1 unspecified atom stereocenters. The second kappa shape index (κ2) is 6.27. The molecule has 0 saturated heterocycles. The van der Waals surface area contributed by atoms with E-state index in [0.29, 0.717) is 5.95 Å². The average Bonchev–Trinajstić information content (AvgIpc) is 2.23. The fourth-order valence-electron chi connectivity index (χ4n) is 1.38. The minimum atomic E-state index is -0.234. The SMILES string of the molecule is CNc1nc(C)cc(NCCCC(C)O)n1. The van der Waals surface area contributed by atoms with E-state index in [-0.39, 0.29) is 6.10 Å². The molecule has 0 aliphatic rings. The van der Waals surface area contributed by atoms with Crippen LogP contribution < -0.4 is 10.6 Å². The summed E-state index contributed by atoms with van der Waals surface area (Å²) in [5.41, 5.74) is 0.928. The van der Waals surface area contributed by atoms with Gasteiger partial charge in [-0.05, 0) is 26.7 Å². The lowest BCUT2D eigenvalue weighted by atomic mass is 10.2. The minimum Gasteiger partial charge on any atom is -0.393 e. The maximum Gasteiger partial charge on any atom is 0.224 e. The summed E-state index contributed by atoms with van der Waals surface area (Å²) < 4.78 is 0. The molecule has 1 aromatic rings. The summed E-state index contributed by atoms with van der Waals surface area (Å²) in [5.74, 6) is 1.44. The molecule has 90 valence electrons. The van der Waals surface area contributed by atoms with Crippen molar-refractivity contribution < 1.29 is 5.11 Å². The number of nitrogens with one attached hydrogen (secondary N) is 2. The Balaban J connectivity index is 2.44. The highest BCUT2D eigenvalue weighted by molar-refractivity contribution is 5.41. The van der Waals surface area contributed by atoms with E-state index >= 15 is 0 Å². The van der Waals surface area contributed by atoms with Crippen molar-refractivity contribution in [2.75, 3.05) is 24.2 Å². The third kappa shape index (κ3) is 4.44. The molecule has 16 heavy (non-hydrogen) atoms. The highest BCUT2D eigenvalue weighted by Crippen LogP contribution is 2.09. The summed E-state index contributed by atoms with van der Waals surface area (Å²) in [4.78, 5) is 8.48. The number of nitrogens with zero attached hydrogens (tertiary/aromatic N) is 2. The summed E-state index contributed by atoms with van der Waals surface area (Å²) in [6.07, 6.45) is 1.49. The van der Waals surface area contributed by atoms with Gasteiger partial charge in [-0.1, -0.05) is 0 Å². The summed E-state index contributed by atoms with van der Waals surface area (Å²) >= 11 is 0. The predicted molar refractivity (Wildman–Crippen MR) is 65.7 cm³/mol. The van der Waals surface area contributed by atoms with Crippen LogP contribution in [0.1, 0.15) is 25.5 Å². The molecule has 0 amide bonds. The lowest BCUT2D eigenvalue weighted by Gasteiger charge is -2.08. The van der Waals surface area contributed by atoms with E-state index in [9.17, 15) is 0 Å². The molecule has 0 aliphatic heterocycles. The molecular weight excluding hydrogens is 204 g/mol. The lowest BCUT2D eigenvalue weighted by Crippen LogP contribution is -2.09. The van der Waals surface area contributed by atoms with Gasteiger partial charge in [0.2, 0.25) is 5.95 Å². The molecule has 1 atom stereocenters. The Morgan fingerprint density at radius 3 is 2.81 bits per heavy atom. The van der Waals surface area contributed by atoms with Crippen molar-refractivity contribution in [3.63, 3.8) is 0 Å². The number of hydrogen-bond acceptors (Lipinski definition) is 5. The maximum absolute atomic E-state index is 9.11. The Labute approximate surface area is 96.3 Å². The van der Waals surface area contributed by atoms with Gasteiger partial charge >= 0.3 is 0 Å². The molecule has 1 aromatic heterocycles. The highest BCUT2D eigenvalue weighted by Gasteiger charge is 2.00. The third-order valence-electron chi connectivity index (χ3n) is 2.18. The summed E-state index contributed by atoms with van der Waals surface area (Å²) in [7, 11) is 1.80. The monoisotopic (exact) mass is 224 g/mol. The fourth-order valence-corrected chi connectivity index (χ4v) is 1.38. The van der Waals surface area contributed by atoms with Gasteiger partial charge in [-0.2, -0.15) is 4.98 Å². The molecule has 1 heterocycles. The van der Waals surface area contributed by atoms with E-state index in [1.807, 2.05) is 13.0 Å². The summed E-state index contributed by atoms with van der Waals surface area (Å²) in [5, 5.41) is 15.2. The van der Waals surface area contributed by atoms with Gasteiger partial charge in [0.25, 0.3) is 0 Å². The second-order valence-corrected chi connectivity index (χ2v) is 3.89. The zero-order chi connectivity index (χ0) is 12.0. The molecule has 5 heteroatoms. The van der Waals surface area contributed by atoms with Gasteiger partial charge in [0.05, 0.1) is 6.10 Å². The van der Waals surface area contributed by atoms with Crippen LogP contribution in [-0.4, -0.2) is 34.8 Å². The first-order chi connectivity index (χ1) is 7.61. The standard InChI is InChI=1S/C11H20N4O/c1-8-7-10(15-11(12-3)14-8)13-6-4-5-9(2)16/h7,9,16H,4-6H2,1-3H3,(H2,12,13,14,15). The van der Waals surface area contributed by atoms with E-state index in [1.165, 1.54) is 0 Å². The Morgan fingerprint density at radius 1 is 1.44 bits per heavy atom. The molecular formula is C11H20N4O. The van der Waals surface area contributed by atoms with Gasteiger partial charge in [0, 0.05) is 25.4 Å². The van der Waals surface area contributed by atoms with Gasteiger partial charge in [-0.3, -0.25) is 0 Å². The molecule has 0 spiro atoms. The number of aryl methyl sites for hydroxylation is 1. The van der Waals surface area contributed by atoms with E-state index in [0.717, 1.165) is 30.9 Å². The first-order valence-electron chi connectivity index (χ1n) is 5.57. The normalized spacial score (nSPS) is 12.2. The Kier molecular flexibility index (Phi) is 4.98. The molecule has 0 bridgehead atoms. The van der Waals surface area contributed by atoms with Crippen LogP contribution in [0, 0.1) is 6.92 Å². The average molecular weight is 224 g/mol. The largest absolute Gasteiger partial charge is 0.393 e. The van der Waals surface area contributed by atoms with Crippen LogP contribution in [0.2, 0.25) is 0 Å². The van der Waals surface area contributed by atoms with Crippen LogP contribution >= 0.6 is 0 Å². The Hall–Kier alpha value is -1.36. The van der Waals surface area contributed by atoms with E-state index in [1.54, 1.807) is 14.0 Å². The summed E-state index contributed by atoms with van der Waals surface area (Å²) in [6, 6.07) is 1.91. The highest BCUT2D eigenvalue weighted by atomic mass is 16.3. The van der Waals surface area contributed by atoms with Gasteiger partial charge in [0.1, 0.15) is 5.82 Å². The lowest BCUT2D eigenvalue weighted by molar-refractivity contribution is 0.183. The molecule has 0 aliphatic carbocycles. The summed E-state index contributed by atoms with van der Waals surface area (Å²) in [6.45, 7) is 4.54. The number of hydrogen-bond donors (Lipinski definition) is 3. The van der Waals surface area contributed by atoms with E-state index < -0.39 is 0 Å². The number of aromatic nitrogens is 2. The number of aliphatic hydroxyl groups is 1. The van der Waals surface area contributed by atoms with Gasteiger partial charge in [0.15, 0.2) is 0 Å². The predicted octanol–water partition coefficient (Wildman–Crippen LogP) is 1.40. The second-order valence-electron chi connectivity index (χ2n) is 3.89. The Morgan fingerprint density at radius 2 is 2.19 bits per heavy atom. The van der Waals surface area contributed by atoms with Crippen LogP contribution in [0.25, 0.3) is 0 Å². The number of rotatable bonds is 6. The Bertz CT molecular complexity index is 328. The minimum absolute atomic E-state index is 0.234. The molecule has 1 rings (SSSR count). The van der Waals surface area contributed by atoms with Crippen LogP contribution in [0.15, 0.2) is 6.07 Å². The topological polar surface area (TPSA) is 70.1 Å². The number of aliphatic hydroxyl groups excluding tert-OH is 1. The van der Waals surface area contributed by atoms with Crippen LogP contribution in [0.3, 0.4) is 0 Å². The van der Waals surface area contributed by atoms with Crippen molar-refractivity contribution in [1.82, 2.24) is 9.97 Å². The third-order valence-corrected chi connectivity index (χ3v) is 2.18. The van der Waals surface area contributed by atoms with Crippen LogP contribution in [0.4, 0.5) is 11.8 Å². The van der Waals surface area contributed by atoms with Crippen LogP contribution in [0.5, 0.6) is 0 Å². The molecule has 0 radical (unpaired) electrons. The van der Waals surface area contributed by atoms with Crippen molar-refractivity contribution in [2.24, 2.45) is 0 Å². The zero-order valence-electron chi connectivity index (χ0n) is 10.1. The van der Waals surface area contributed by atoms with Gasteiger partial charge < -0.3 is 15.7 Å². The number of anilines is 2. The van der Waals surface area contributed by atoms with Gasteiger partial charge in [-0.15, -0.1) is 0 Å². The van der Waals surface area contributed by atoms with Gasteiger partial charge in [-0.25, -0.2) is 4.98 Å². The molecule has 5 nitrogen and oxygen atoms in total. The van der Waals surface area contributed by atoms with Crippen molar-refractivity contribution in [2.45, 2.75) is 32.8 Å². The molecule has 0 fully saturated rings. The first kappa shape index (κ1) is 12.7. The molecule has 3 N–H and O–H groups in total. The maximum atomic E-state index is 9.11. The van der Waals surface area contributed by atoms with Crippen molar-refractivity contribution >= 4 is 11.8 Å². The fraction of sp³-hybridized carbons (Fsp3) is 0.636. The van der Waals surface area contributed by atoms with Crippen molar-refractivity contribution in [1.29, 1.82) is 0 Å². The smallest absolute Gasteiger partial charge is 0.224 e. The quantitative estimate of drug-likeness (QED) is 0.637. The molecule has 0 aromatic carbocycles. The molecule has 0 saturated carbocycles. The van der Waals surface area contributed by atoms with Crippen LogP contribution in [-0.2, 0) is 0 Å². The zero-order valence-corrected chi connectivity index (χ0v) is 10.1. The van der Waals surface area contributed by atoms with E-state index in [2.05, 4.69) is 20.6 Å². The van der Waals surface area contributed by atoms with Crippen molar-refractivity contribution in [3.05, 3.63) is 11.8 Å². The first-order valence-corrected chi connectivity index (χ1v) is 5.57.